The number of ether oxygens (including phenoxy) is 1. The van der Waals surface area contributed by atoms with Crippen LogP contribution in [-0.4, -0.2) is 23.4 Å². The first-order valence-corrected chi connectivity index (χ1v) is 3.17. The van der Waals surface area contributed by atoms with E-state index in [0.717, 1.165) is 0 Å². The maximum absolute atomic E-state index is 10.7. The second kappa shape index (κ2) is 3.84. The molecule has 6 heteroatoms. The molecule has 0 unspecified atom stereocenters. The van der Waals surface area contributed by atoms with Crippen molar-refractivity contribution in [2.75, 3.05) is 7.11 Å². The molecule has 2 N–H and O–H groups in total. The van der Waals surface area contributed by atoms with Gasteiger partial charge in [-0.1, -0.05) is 5.16 Å². The molecular formula is C6H8N2O4. The summed E-state index contributed by atoms with van der Waals surface area (Å²) >= 11 is 0. The van der Waals surface area contributed by atoms with E-state index in [9.17, 15) is 4.79 Å². The SMILES string of the molecule is COCc1cc(C(=O)NO)no1. The molecule has 1 rings (SSSR count). The standard InChI is InChI=1S/C6H8N2O4/c1-11-3-4-2-5(8-12-4)6(9)7-10/h2,10H,3H2,1H3,(H,7,9). The third-order valence-electron chi connectivity index (χ3n) is 1.18. The Morgan fingerprint density at radius 1 is 1.92 bits per heavy atom. The summed E-state index contributed by atoms with van der Waals surface area (Å²) in [7, 11) is 1.49. The Morgan fingerprint density at radius 2 is 2.67 bits per heavy atom. The van der Waals surface area contributed by atoms with Gasteiger partial charge in [0.1, 0.15) is 6.61 Å². The van der Waals surface area contributed by atoms with Crippen molar-refractivity contribution in [2.24, 2.45) is 0 Å². The van der Waals surface area contributed by atoms with Crippen molar-refractivity contribution in [3.8, 4) is 0 Å². The van der Waals surface area contributed by atoms with E-state index in [1.165, 1.54) is 18.7 Å². The minimum Gasteiger partial charge on any atom is -0.377 e. The zero-order valence-electron chi connectivity index (χ0n) is 6.40. The molecule has 0 atom stereocenters. The van der Waals surface area contributed by atoms with Crippen LogP contribution in [0, 0.1) is 0 Å². The molecule has 1 heterocycles. The molecule has 1 aromatic rings. The zero-order chi connectivity index (χ0) is 8.97. The van der Waals surface area contributed by atoms with Crippen LogP contribution < -0.4 is 5.48 Å². The second-order valence-corrected chi connectivity index (χ2v) is 2.05. The lowest BCUT2D eigenvalue weighted by atomic mass is 10.3. The molecule has 66 valence electrons. The second-order valence-electron chi connectivity index (χ2n) is 2.05. The number of rotatable bonds is 3. The minimum absolute atomic E-state index is 0.0181. The van der Waals surface area contributed by atoms with Crippen LogP contribution in [0.25, 0.3) is 0 Å². The molecule has 0 aliphatic rings. The van der Waals surface area contributed by atoms with Gasteiger partial charge < -0.3 is 9.26 Å². The van der Waals surface area contributed by atoms with Crippen molar-refractivity contribution in [3.05, 3.63) is 17.5 Å². The van der Waals surface area contributed by atoms with Crippen molar-refractivity contribution >= 4 is 5.91 Å². The number of hydrogen-bond acceptors (Lipinski definition) is 5. The minimum atomic E-state index is -0.707. The van der Waals surface area contributed by atoms with Crippen LogP contribution in [0.3, 0.4) is 0 Å². The number of nitrogens with one attached hydrogen (secondary N) is 1. The quantitative estimate of drug-likeness (QED) is 0.492. The van der Waals surface area contributed by atoms with E-state index in [1.807, 2.05) is 0 Å². The number of hydroxylamine groups is 1. The molecule has 1 amide bonds. The molecule has 0 spiro atoms. The molecule has 0 aliphatic carbocycles. The summed E-state index contributed by atoms with van der Waals surface area (Å²) in [5.41, 5.74) is 1.45. The van der Waals surface area contributed by atoms with E-state index in [-0.39, 0.29) is 12.3 Å². The summed E-state index contributed by atoms with van der Waals surface area (Å²) in [5.74, 6) is -0.280. The fraction of sp³-hybridized carbons (Fsp3) is 0.333. The smallest absolute Gasteiger partial charge is 0.296 e. The molecule has 1 aromatic heterocycles. The third kappa shape index (κ3) is 1.80. The van der Waals surface area contributed by atoms with Crippen molar-refractivity contribution in [1.82, 2.24) is 10.6 Å². The fourth-order valence-electron chi connectivity index (χ4n) is 0.688. The first-order valence-electron chi connectivity index (χ1n) is 3.17. The third-order valence-corrected chi connectivity index (χ3v) is 1.18. The van der Waals surface area contributed by atoms with Gasteiger partial charge in [0, 0.05) is 13.2 Å². The molecule has 0 saturated heterocycles. The normalized spacial score (nSPS) is 9.83. The van der Waals surface area contributed by atoms with Gasteiger partial charge >= 0.3 is 0 Å². The predicted octanol–water partition coefficient (Wildman–Crippen LogP) is -0.0600. The van der Waals surface area contributed by atoms with Crippen molar-refractivity contribution < 1.29 is 19.3 Å². The van der Waals surface area contributed by atoms with Gasteiger partial charge in [0.15, 0.2) is 11.5 Å². The summed E-state index contributed by atoms with van der Waals surface area (Å²) in [6, 6.07) is 1.38. The van der Waals surface area contributed by atoms with Crippen LogP contribution in [0.5, 0.6) is 0 Å². The summed E-state index contributed by atoms with van der Waals surface area (Å²) in [6.07, 6.45) is 0. The monoisotopic (exact) mass is 172 g/mol. The highest BCUT2D eigenvalue weighted by Crippen LogP contribution is 2.03. The van der Waals surface area contributed by atoms with Gasteiger partial charge in [-0.05, 0) is 0 Å². The van der Waals surface area contributed by atoms with Gasteiger partial charge in [0.05, 0.1) is 0 Å². The van der Waals surface area contributed by atoms with Crippen LogP contribution in [-0.2, 0) is 11.3 Å². The molecule has 0 bridgehead atoms. The summed E-state index contributed by atoms with van der Waals surface area (Å²) in [5, 5.41) is 11.6. The predicted molar refractivity (Wildman–Crippen MR) is 36.5 cm³/mol. The first-order chi connectivity index (χ1) is 5.77. The molecular weight excluding hydrogens is 164 g/mol. The lowest BCUT2D eigenvalue weighted by Gasteiger charge is -1.88. The van der Waals surface area contributed by atoms with Gasteiger partial charge in [0.25, 0.3) is 5.91 Å². The molecule has 0 saturated carbocycles. The Hall–Kier alpha value is -1.40. The highest BCUT2D eigenvalue weighted by Gasteiger charge is 2.10. The van der Waals surface area contributed by atoms with Gasteiger partial charge in [-0.2, -0.15) is 0 Å². The van der Waals surface area contributed by atoms with Gasteiger partial charge in [-0.15, -0.1) is 0 Å². The van der Waals surface area contributed by atoms with E-state index in [2.05, 4.69) is 9.68 Å². The highest BCUT2D eigenvalue weighted by atomic mass is 16.5. The Balaban J connectivity index is 2.70. The van der Waals surface area contributed by atoms with Crippen LogP contribution in [0.2, 0.25) is 0 Å². The molecule has 12 heavy (non-hydrogen) atoms. The Labute approximate surface area is 68.1 Å². The topological polar surface area (TPSA) is 84.6 Å². The Kier molecular flexibility index (Phi) is 2.78. The Bertz CT molecular complexity index is 270. The van der Waals surface area contributed by atoms with Crippen molar-refractivity contribution in [1.29, 1.82) is 0 Å². The average Bonchev–Trinajstić information content (AvgIpc) is 2.52. The number of amides is 1. The number of carbonyl (C=O) groups excluding carboxylic acids is 1. The Morgan fingerprint density at radius 3 is 3.25 bits per heavy atom. The number of nitrogens with zero attached hydrogens (tertiary/aromatic N) is 1. The van der Waals surface area contributed by atoms with Crippen LogP contribution >= 0.6 is 0 Å². The largest absolute Gasteiger partial charge is 0.377 e. The van der Waals surface area contributed by atoms with Crippen molar-refractivity contribution in [2.45, 2.75) is 6.61 Å². The summed E-state index contributed by atoms with van der Waals surface area (Å²) < 4.78 is 9.41. The molecule has 0 fully saturated rings. The first kappa shape index (κ1) is 8.69. The van der Waals surface area contributed by atoms with E-state index in [1.54, 1.807) is 0 Å². The van der Waals surface area contributed by atoms with Gasteiger partial charge in [-0.3, -0.25) is 10.0 Å². The van der Waals surface area contributed by atoms with Gasteiger partial charge in [-0.25, -0.2) is 5.48 Å². The van der Waals surface area contributed by atoms with E-state index in [4.69, 9.17) is 9.94 Å². The average molecular weight is 172 g/mol. The summed E-state index contributed by atoms with van der Waals surface area (Å²) in [6.45, 7) is 0.242. The van der Waals surface area contributed by atoms with Crippen LogP contribution in [0.15, 0.2) is 10.6 Å². The molecule has 0 radical (unpaired) electrons. The zero-order valence-corrected chi connectivity index (χ0v) is 6.40. The molecule has 6 nitrogen and oxygen atoms in total. The number of methoxy groups -OCH3 is 1. The molecule has 0 aromatic carbocycles. The van der Waals surface area contributed by atoms with Gasteiger partial charge in [0.2, 0.25) is 0 Å². The van der Waals surface area contributed by atoms with Crippen LogP contribution in [0.4, 0.5) is 0 Å². The fourth-order valence-corrected chi connectivity index (χ4v) is 0.688. The van der Waals surface area contributed by atoms with Crippen LogP contribution in [0.1, 0.15) is 16.2 Å². The lowest BCUT2D eigenvalue weighted by molar-refractivity contribution is 0.0696. The van der Waals surface area contributed by atoms with Crippen molar-refractivity contribution in [3.63, 3.8) is 0 Å². The highest BCUT2D eigenvalue weighted by molar-refractivity contribution is 5.91. The number of aromatic nitrogens is 1. The maximum atomic E-state index is 10.7. The number of hydrogen-bond donors (Lipinski definition) is 2. The number of carbonyl (C=O) groups is 1. The van der Waals surface area contributed by atoms with E-state index >= 15 is 0 Å². The lowest BCUT2D eigenvalue weighted by Crippen LogP contribution is -2.18. The van der Waals surface area contributed by atoms with E-state index in [0.29, 0.717) is 5.76 Å². The maximum Gasteiger partial charge on any atom is 0.296 e. The molecule has 0 aliphatic heterocycles. The summed E-state index contributed by atoms with van der Waals surface area (Å²) in [4.78, 5) is 10.7. The van der Waals surface area contributed by atoms with E-state index < -0.39 is 5.91 Å².